The molecular weight excluding hydrogens is 349 g/mol. The third kappa shape index (κ3) is 4.91. The third-order valence-corrected chi connectivity index (χ3v) is 4.70. The number of rotatable bonds is 6. The van der Waals surface area contributed by atoms with Gasteiger partial charge in [-0.15, -0.1) is 0 Å². The van der Waals surface area contributed by atoms with Gasteiger partial charge in [0.05, 0.1) is 17.9 Å². The van der Waals surface area contributed by atoms with Crippen LogP contribution < -0.4 is 11.1 Å². The summed E-state index contributed by atoms with van der Waals surface area (Å²) in [5.74, 6) is -0.349. The van der Waals surface area contributed by atoms with Crippen LogP contribution in [-0.2, 0) is 9.59 Å². The zero-order valence-corrected chi connectivity index (χ0v) is 15.3. The number of aryl methyl sites for hydroxylation is 1. The van der Waals surface area contributed by atoms with Gasteiger partial charge in [-0.3, -0.25) is 14.5 Å². The number of amides is 2. The summed E-state index contributed by atoms with van der Waals surface area (Å²) in [6, 6.07) is 7.67. The number of nitrogens with one attached hydrogen (secondary N) is 1. The zero-order chi connectivity index (χ0) is 19.4. The Balaban J connectivity index is 1.70. The molecule has 8 heteroatoms. The number of hydrogen-bond acceptors (Lipinski definition) is 4. The minimum Gasteiger partial charge on any atom is -0.370 e. The number of halogens is 1. The zero-order valence-electron chi connectivity index (χ0n) is 15.3. The summed E-state index contributed by atoms with van der Waals surface area (Å²) < 4.78 is 14.7. The number of anilines is 1. The Morgan fingerprint density at radius 2 is 2.04 bits per heavy atom. The van der Waals surface area contributed by atoms with Gasteiger partial charge in [-0.2, -0.15) is 5.10 Å². The second kappa shape index (κ2) is 8.30. The molecule has 0 saturated carbocycles. The number of aromatic nitrogens is 2. The van der Waals surface area contributed by atoms with Crippen molar-refractivity contribution in [3.8, 4) is 5.69 Å². The predicted molar refractivity (Wildman–Crippen MR) is 99.9 cm³/mol. The molecule has 7 nitrogen and oxygen atoms in total. The Bertz CT molecular complexity index is 818. The maximum atomic E-state index is 13.2. The van der Waals surface area contributed by atoms with Gasteiger partial charge in [-0.05, 0) is 50.6 Å². The van der Waals surface area contributed by atoms with Crippen LogP contribution in [0.3, 0.4) is 0 Å². The van der Waals surface area contributed by atoms with E-state index in [0.29, 0.717) is 11.5 Å². The van der Waals surface area contributed by atoms with Gasteiger partial charge in [0.25, 0.3) is 0 Å². The number of carbonyl (C=O) groups excluding carboxylic acids is 2. The van der Waals surface area contributed by atoms with Crippen LogP contribution in [0.2, 0.25) is 0 Å². The maximum absolute atomic E-state index is 13.2. The molecule has 1 saturated heterocycles. The first-order valence-corrected chi connectivity index (χ1v) is 9.07. The molecule has 144 valence electrons. The topological polar surface area (TPSA) is 93.3 Å². The third-order valence-electron chi connectivity index (χ3n) is 4.70. The van der Waals surface area contributed by atoms with Crippen molar-refractivity contribution in [2.24, 2.45) is 5.73 Å². The van der Waals surface area contributed by atoms with Crippen molar-refractivity contribution in [2.45, 2.75) is 38.6 Å². The van der Waals surface area contributed by atoms with Crippen LogP contribution in [0.1, 0.15) is 31.4 Å². The molecule has 1 atom stereocenters. The van der Waals surface area contributed by atoms with Crippen LogP contribution >= 0.6 is 0 Å². The second-order valence-electron chi connectivity index (χ2n) is 6.90. The lowest BCUT2D eigenvalue weighted by Gasteiger charge is -2.34. The van der Waals surface area contributed by atoms with E-state index in [-0.39, 0.29) is 36.6 Å². The number of carbonyl (C=O) groups is 2. The largest absolute Gasteiger partial charge is 0.370 e. The number of likely N-dealkylation sites (tertiary alicyclic amines) is 1. The quantitative estimate of drug-likeness (QED) is 0.810. The van der Waals surface area contributed by atoms with Gasteiger partial charge in [0.1, 0.15) is 11.6 Å². The van der Waals surface area contributed by atoms with Crippen LogP contribution in [0.5, 0.6) is 0 Å². The van der Waals surface area contributed by atoms with Gasteiger partial charge in [0, 0.05) is 18.5 Å². The van der Waals surface area contributed by atoms with Gasteiger partial charge in [-0.25, -0.2) is 9.07 Å². The Kier molecular flexibility index (Phi) is 5.85. The number of benzene rings is 1. The van der Waals surface area contributed by atoms with E-state index < -0.39 is 0 Å². The summed E-state index contributed by atoms with van der Waals surface area (Å²) in [5.41, 5.74) is 6.73. The van der Waals surface area contributed by atoms with Crippen LogP contribution in [-0.4, -0.2) is 45.6 Å². The number of nitrogens with two attached hydrogens (primary N) is 1. The molecule has 2 amide bonds. The monoisotopic (exact) mass is 373 g/mol. The minimum absolute atomic E-state index is 0.00532. The number of primary amides is 1. The molecule has 0 radical (unpaired) electrons. The lowest BCUT2D eigenvalue weighted by atomic mass is 9.99. The molecule has 2 heterocycles. The molecule has 1 aliphatic rings. The van der Waals surface area contributed by atoms with E-state index in [1.807, 2.05) is 11.8 Å². The standard InChI is InChI=1S/C19H24FN5O2/c1-13-10-18(25(23-13)15-7-5-14(20)6-8-15)22-19(27)12-24-9-3-2-4-16(24)11-17(21)26/h5-8,10,16H,2-4,9,11-12H2,1H3,(H2,21,26)(H,22,27). The molecule has 1 fully saturated rings. The summed E-state index contributed by atoms with van der Waals surface area (Å²) in [6.45, 7) is 2.77. The minimum atomic E-state index is -0.350. The van der Waals surface area contributed by atoms with Gasteiger partial charge < -0.3 is 11.1 Å². The maximum Gasteiger partial charge on any atom is 0.239 e. The van der Waals surface area contributed by atoms with E-state index in [1.165, 1.54) is 12.1 Å². The predicted octanol–water partition coefficient (Wildman–Crippen LogP) is 1.99. The van der Waals surface area contributed by atoms with E-state index in [2.05, 4.69) is 10.4 Å². The molecule has 0 bridgehead atoms. The van der Waals surface area contributed by atoms with E-state index in [4.69, 9.17) is 5.73 Å². The Hall–Kier alpha value is -2.74. The fourth-order valence-corrected chi connectivity index (χ4v) is 3.47. The molecule has 3 rings (SSSR count). The SMILES string of the molecule is Cc1cc(NC(=O)CN2CCCCC2CC(N)=O)n(-c2ccc(F)cc2)n1. The fourth-order valence-electron chi connectivity index (χ4n) is 3.47. The Morgan fingerprint density at radius 3 is 2.74 bits per heavy atom. The number of nitrogens with zero attached hydrogens (tertiary/aromatic N) is 3. The van der Waals surface area contributed by atoms with Gasteiger partial charge >= 0.3 is 0 Å². The smallest absolute Gasteiger partial charge is 0.239 e. The highest BCUT2D eigenvalue weighted by molar-refractivity contribution is 5.91. The van der Waals surface area contributed by atoms with Gasteiger partial charge in [0.15, 0.2) is 0 Å². The first kappa shape index (κ1) is 19.0. The molecule has 3 N–H and O–H groups in total. The lowest BCUT2D eigenvalue weighted by Crippen LogP contribution is -2.45. The summed E-state index contributed by atoms with van der Waals surface area (Å²) in [4.78, 5) is 25.9. The molecule has 0 aliphatic carbocycles. The Morgan fingerprint density at radius 1 is 1.30 bits per heavy atom. The second-order valence-corrected chi connectivity index (χ2v) is 6.90. The van der Waals surface area contributed by atoms with E-state index in [0.717, 1.165) is 31.5 Å². The highest BCUT2D eigenvalue weighted by Crippen LogP contribution is 2.21. The average Bonchev–Trinajstić information content (AvgIpc) is 2.97. The first-order valence-electron chi connectivity index (χ1n) is 9.07. The van der Waals surface area contributed by atoms with Crippen molar-refractivity contribution in [1.29, 1.82) is 0 Å². The van der Waals surface area contributed by atoms with E-state index >= 15 is 0 Å². The molecule has 1 aromatic heterocycles. The molecule has 27 heavy (non-hydrogen) atoms. The van der Waals surface area contributed by atoms with Crippen LogP contribution in [0.15, 0.2) is 30.3 Å². The summed E-state index contributed by atoms with van der Waals surface area (Å²) in [5, 5.41) is 7.25. The van der Waals surface area contributed by atoms with Crippen molar-refractivity contribution in [3.63, 3.8) is 0 Å². The molecule has 1 aliphatic heterocycles. The van der Waals surface area contributed by atoms with Gasteiger partial charge in [-0.1, -0.05) is 6.42 Å². The van der Waals surface area contributed by atoms with E-state index in [1.54, 1.807) is 22.9 Å². The highest BCUT2D eigenvalue weighted by atomic mass is 19.1. The van der Waals surface area contributed by atoms with Crippen LogP contribution in [0, 0.1) is 12.7 Å². The normalized spacial score (nSPS) is 17.6. The molecule has 2 aromatic rings. The first-order chi connectivity index (χ1) is 12.9. The van der Waals surface area contributed by atoms with E-state index in [9.17, 15) is 14.0 Å². The number of hydrogen-bond donors (Lipinski definition) is 2. The highest BCUT2D eigenvalue weighted by Gasteiger charge is 2.26. The molecule has 1 aromatic carbocycles. The molecule has 1 unspecified atom stereocenters. The van der Waals surface area contributed by atoms with Crippen molar-refractivity contribution < 1.29 is 14.0 Å². The molecular formula is C19H24FN5O2. The van der Waals surface area contributed by atoms with Crippen molar-refractivity contribution in [3.05, 3.63) is 41.8 Å². The molecule has 0 spiro atoms. The van der Waals surface area contributed by atoms with Crippen LogP contribution in [0.25, 0.3) is 5.69 Å². The van der Waals surface area contributed by atoms with Crippen molar-refractivity contribution in [1.82, 2.24) is 14.7 Å². The average molecular weight is 373 g/mol. The van der Waals surface area contributed by atoms with Crippen molar-refractivity contribution >= 4 is 17.6 Å². The summed E-state index contributed by atoms with van der Waals surface area (Å²) >= 11 is 0. The van der Waals surface area contributed by atoms with Crippen LogP contribution in [0.4, 0.5) is 10.2 Å². The summed E-state index contributed by atoms with van der Waals surface area (Å²) in [7, 11) is 0. The summed E-state index contributed by atoms with van der Waals surface area (Å²) in [6.07, 6.45) is 3.16. The Labute approximate surface area is 157 Å². The lowest BCUT2D eigenvalue weighted by molar-refractivity contribution is -0.122. The fraction of sp³-hybridized carbons (Fsp3) is 0.421. The van der Waals surface area contributed by atoms with Gasteiger partial charge in [0.2, 0.25) is 11.8 Å². The van der Waals surface area contributed by atoms with Crippen molar-refractivity contribution in [2.75, 3.05) is 18.4 Å². The number of piperidine rings is 1.